The number of rotatable bonds is 7. The summed E-state index contributed by atoms with van der Waals surface area (Å²) in [6, 6.07) is 11.2. The second kappa shape index (κ2) is 8.15. The lowest BCUT2D eigenvalue weighted by molar-refractivity contribution is -0.138. The van der Waals surface area contributed by atoms with Crippen molar-refractivity contribution in [3.63, 3.8) is 0 Å². The number of carboxylic acid groups (broad SMARTS) is 1. The first kappa shape index (κ1) is 19.5. The standard InChI is InChI=1S/C19H19N3O5S/c20-13-8-11(9-16-17(23)22-19(26)28-16)3-6-15(13)27-12-4-1-10(2-5-12)7-14(21)18(24)25/h1-6,8,14,23H,7,9,20-21H2,(H,22,26)(H,24,25). The van der Waals surface area contributed by atoms with Gasteiger partial charge in [0.25, 0.3) is 0 Å². The molecule has 3 rings (SSSR count). The molecule has 0 saturated heterocycles. The maximum atomic E-state index is 11.3. The van der Waals surface area contributed by atoms with Crippen LogP contribution < -0.4 is 21.1 Å². The summed E-state index contributed by atoms with van der Waals surface area (Å²) in [5, 5.41) is 18.5. The fraction of sp³-hybridized carbons (Fsp3) is 0.158. The Bertz CT molecular complexity index is 1040. The van der Waals surface area contributed by atoms with Crippen LogP contribution in [0.25, 0.3) is 0 Å². The lowest BCUT2D eigenvalue weighted by Crippen LogP contribution is -2.32. The number of aromatic hydroxyl groups is 1. The molecule has 28 heavy (non-hydrogen) atoms. The first-order valence-electron chi connectivity index (χ1n) is 8.36. The molecule has 1 unspecified atom stereocenters. The van der Waals surface area contributed by atoms with Crippen LogP contribution in [0.15, 0.2) is 47.3 Å². The summed E-state index contributed by atoms with van der Waals surface area (Å²) in [5.74, 6) is -0.163. The maximum Gasteiger partial charge on any atom is 0.320 e. The molecule has 3 aromatic rings. The van der Waals surface area contributed by atoms with Crippen molar-refractivity contribution in [2.75, 3.05) is 5.73 Å². The van der Waals surface area contributed by atoms with Crippen molar-refractivity contribution in [3.8, 4) is 17.4 Å². The molecule has 0 aliphatic carbocycles. The number of carboxylic acids is 1. The number of nitrogens with two attached hydrogens (primary N) is 2. The van der Waals surface area contributed by atoms with Gasteiger partial charge in [-0.15, -0.1) is 0 Å². The van der Waals surface area contributed by atoms with Crippen LogP contribution in [0, 0.1) is 0 Å². The van der Waals surface area contributed by atoms with Gasteiger partial charge in [0.1, 0.15) is 17.5 Å². The number of nitrogen functional groups attached to an aromatic ring is 1. The monoisotopic (exact) mass is 401 g/mol. The van der Waals surface area contributed by atoms with Gasteiger partial charge in [-0.25, -0.2) is 0 Å². The van der Waals surface area contributed by atoms with E-state index < -0.39 is 12.0 Å². The minimum atomic E-state index is -1.05. The summed E-state index contributed by atoms with van der Waals surface area (Å²) >= 11 is 0.950. The van der Waals surface area contributed by atoms with Crippen LogP contribution in [0.4, 0.5) is 5.69 Å². The predicted molar refractivity (Wildman–Crippen MR) is 106 cm³/mol. The summed E-state index contributed by atoms with van der Waals surface area (Å²) in [5.41, 5.74) is 13.6. The Labute approximate surface area is 164 Å². The molecule has 9 heteroatoms. The van der Waals surface area contributed by atoms with Crippen LogP contribution in [-0.4, -0.2) is 27.2 Å². The second-order valence-electron chi connectivity index (χ2n) is 6.23. The third-order valence-electron chi connectivity index (χ3n) is 4.06. The number of aliphatic carboxylic acids is 1. The summed E-state index contributed by atoms with van der Waals surface area (Å²) in [4.78, 5) is 24.6. The van der Waals surface area contributed by atoms with E-state index in [1.165, 1.54) is 0 Å². The van der Waals surface area contributed by atoms with Gasteiger partial charge in [0.2, 0.25) is 5.88 Å². The van der Waals surface area contributed by atoms with Gasteiger partial charge in [-0.1, -0.05) is 29.5 Å². The van der Waals surface area contributed by atoms with Gasteiger partial charge in [0, 0.05) is 6.42 Å². The summed E-state index contributed by atoms with van der Waals surface area (Å²) in [7, 11) is 0. The highest BCUT2D eigenvalue weighted by Gasteiger charge is 2.13. The molecule has 1 heterocycles. The van der Waals surface area contributed by atoms with Crippen molar-refractivity contribution >= 4 is 23.0 Å². The third-order valence-corrected chi connectivity index (χ3v) is 4.93. The first-order chi connectivity index (χ1) is 13.3. The van der Waals surface area contributed by atoms with Crippen LogP contribution in [0.1, 0.15) is 16.0 Å². The highest BCUT2D eigenvalue weighted by Crippen LogP contribution is 2.30. The number of H-pyrrole nitrogens is 1. The minimum absolute atomic E-state index is 0.128. The Morgan fingerprint density at radius 3 is 2.43 bits per heavy atom. The number of aromatic nitrogens is 1. The quantitative estimate of drug-likeness (QED) is 0.380. The molecule has 2 aromatic carbocycles. The second-order valence-corrected chi connectivity index (χ2v) is 7.30. The Hall–Kier alpha value is -3.30. The number of carbonyl (C=O) groups is 1. The zero-order valence-corrected chi connectivity index (χ0v) is 15.5. The van der Waals surface area contributed by atoms with Gasteiger partial charge < -0.3 is 26.4 Å². The molecular formula is C19H19N3O5S. The van der Waals surface area contributed by atoms with Crippen LogP contribution in [0.2, 0.25) is 0 Å². The average molecular weight is 401 g/mol. The molecule has 0 bridgehead atoms. The van der Waals surface area contributed by atoms with E-state index in [-0.39, 0.29) is 17.2 Å². The molecular weight excluding hydrogens is 382 g/mol. The van der Waals surface area contributed by atoms with Crippen LogP contribution in [0.5, 0.6) is 17.4 Å². The number of hydrogen-bond donors (Lipinski definition) is 5. The Balaban J connectivity index is 1.68. The number of ether oxygens (including phenoxy) is 1. The Morgan fingerprint density at radius 1 is 1.18 bits per heavy atom. The molecule has 146 valence electrons. The van der Waals surface area contributed by atoms with E-state index in [9.17, 15) is 14.7 Å². The normalized spacial score (nSPS) is 11.9. The van der Waals surface area contributed by atoms with Gasteiger partial charge in [0.05, 0.1) is 10.6 Å². The SMILES string of the molecule is Nc1cc(Cc2sc(=O)[nH]c2O)ccc1Oc1ccc(CC(N)C(=O)O)cc1. The van der Waals surface area contributed by atoms with Crippen molar-refractivity contribution < 1.29 is 19.7 Å². The minimum Gasteiger partial charge on any atom is -0.494 e. The highest BCUT2D eigenvalue weighted by molar-refractivity contribution is 7.09. The molecule has 0 fully saturated rings. The van der Waals surface area contributed by atoms with Crippen LogP contribution in [-0.2, 0) is 17.6 Å². The predicted octanol–water partition coefficient (Wildman–Crippen LogP) is 2.06. The van der Waals surface area contributed by atoms with Crippen molar-refractivity contribution in [3.05, 3.63) is 68.1 Å². The molecule has 7 N–H and O–H groups in total. The van der Waals surface area contributed by atoms with Crippen LogP contribution >= 0.6 is 11.3 Å². The summed E-state index contributed by atoms with van der Waals surface area (Å²) in [6.45, 7) is 0. The highest BCUT2D eigenvalue weighted by atomic mass is 32.1. The van der Waals surface area contributed by atoms with Crippen molar-refractivity contribution in [1.82, 2.24) is 4.98 Å². The average Bonchev–Trinajstić information content (AvgIpc) is 2.96. The number of nitrogens with one attached hydrogen (secondary N) is 1. The number of thiazole rings is 1. The Morgan fingerprint density at radius 2 is 1.86 bits per heavy atom. The van der Waals surface area contributed by atoms with Gasteiger partial charge in [-0.3, -0.25) is 14.6 Å². The van der Waals surface area contributed by atoms with E-state index in [0.717, 1.165) is 22.5 Å². The number of hydrogen-bond acceptors (Lipinski definition) is 7. The van der Waals surface area contributed by atoms with E-state index in [1.54, 1.807) is 42.5 Å². The maximum absolute atomic E-state index is 11.3. The molecule has 0 aliphatic rings. The molecule has 0 radical (unpaired) electrons. The fourth-order valence-electron chi connectivity index (χ4n) is 2.62. The number of aromatic amines is 1. The largest absolute Gasteiger partial charge is 0.494 e. The van der Waals surface area contributed by atoms with Crippen molar-refractivity contribution in [2.24, 2.45) is 5.73 Å². The zero-order valence-electron chi connectivity index (χ0n) is 14.7. The molecule has 0 saturated carbocycles. The molecule has 8 nitrogen and oxygen atoms in total. The summed E-state index contributed by atoms with van der Waals surface area (Å²) < 4.78 is 5.77. The van der Waals surface area contributed by atoms with E-state index in [4.69, 9.17) is 21.3 Å². The van der Waals surface area contributed by atoms with Crippen molar-refractivity contribution in [1.29, 1.82) is 0 Å². The van der Waals surface area contributed by atoms with Crippen LogP contribution in [0.3, 0.4) is 0 Å². The fourth-order valence-corrected chi connectivity index (χ4v) is 3.38. The topological polar surface area (TPSA) is 152 Å². The van der Waals surface area contributed by atoms with Gasteiger partial charge >= 0.3 is 10.8 Å². The van der Waals surface area contributed by atoms with E-state index in [1.807, 2.05) is 0 Å². The molecule has 1 atom stereocenters. The molecule has 0 amide bonds. The number of benzene rings is 2. The zero-order chi connectivity index (χ0) is 20.3. The van der Waals surface area contributed by atoms with Gasteiger partial charge in [0.15, 0.2) is 0 Å². The smallest absolute Gasteiger partial charge is 0.320 e. The Kier molecular flexibility index (Phi) is 5.67. The third kappa shape index (κ3) is 4.70. The summed E-state index contributed by atoms with van der Waals surface area (Å²) in [6.07, 6.45) is 0.600. The van der Waals surface area contributed by atoms with Gasteiger partial charge in [-0.05, 0) is 41.8 Å². The molecule has 0 aliphatic heterocycles. The lowest BCUT2D eigenvalue weighted by Gasteiger charge is -2.11. The molecule has 0 spiro atoms. The van der Waals surface area contributed by atoms with Crippen molar-refractivity contribution in [2.45, 2.75) is 18.9 Å². The van der Waals surface area contributed by atoms with Gasteiger partial charge in [-0.2, -0.15) is 0 Å². The van der Waals surface area contributed by atoms with E-state index in [0.29, 0.717) is 28.5 Å². The number of anilines is 1. The van der Waals surface area contributed by atoms with E-state index >= 15 is 0 Å². The van der Waals surface area contributed by atoms with E-state index in [2.05, 4.69) is 4.98 Å². The first-order valence-corrected chi connectivity index (χ1v) is 9.18. The lowest BCUT2D eigenvalue weighted by atomic mass is 10.1. The molecule has 1 aromatic heterocycles.